The fraction of sp³-hybridized carbons (Fsp3) is 0.571. The maximum Gasteiger partial charge on any atom is 0.124 e. The number of aliphatic hydroxyl groups is 1. The highest BCUT2D eigenvalue weighted by Gasteiger charge is 2.39. The van der Waals surface area contributed by atoms with Crippen LogP contribution in [0.4, 0.5) is 0 Å². The van der Waals surface area contributed by atoms with Crippen LogP contribution in [0.25, 0.3) is 0 Å². The second-order valence-electron chi connectivity index (χ2n) is 4.70. The Labute approximate surface area is 102 Å². The number of methoxy groups -OCH3 is 2. The molecule has 2 rings (SSSR count). The molecule has 1 fully saturated rings. The number of hydrogen-bond donors (Lipinski definition) is 1. The Balaban J connectivity index is 2.11. The van der Waals surface area contributed by atoms with E-state index in [0.717, 1.165) is 24.2 Å². The van der Waals surface area contributed by atoms with Crippen molar-refractivity contribution in [3.63, 3.8) is 0 Å². The average molecular weight is 236 g/mol. The van der Waals surface area contributed by atoms with E-state index in [1.54, 1.807) is 14.2 Å². The molecular weight excluding hydrogens is 216 g/mol. The van der Waals surface area contributed by atoms with E-state index in [9.17, 15) is 5.11 Å². The molecule has 1 aliphatic rings. The van der Waals surface area contributed by atoms with Gasteiger partial charge in [-0.25, -0.2) is 0 Å². The van der Waals surface area contributed by atoms with Gasteiger partial charge in [0.25, 0.3) is 0 Å². The minimum atomic E-state index is -0.522. The highest BCUT2D eigenvalue weighted by atomic mass is 16.5. The molecule has 1 aromatic rings. The fourth-order valence-electron chi connectivity index (χ4n) is 2.47. The molecule has 0 aromatic heterocycles. The zero-order chi connectivity index (χ0) is 12.3. The first-order valence-corrected chi connectivity index (χ1v) is 6.07. The Kier molecular flexibility index (Phi) is 3.69. The van der Waals surface area contributed by atoms with Crippen molar-refractivity contribution in [2.75, 3.05) is 14.2 Å². The minimum absolute atomic E-state index is 0.125. The summed E-state index contributed by atoms with van der Waals surface area (Å²) in [4.78, 5) is 0. The van der Waals surface area contributed by atoms with Crippen LogP contribution in [0.2, 0.25) is 0 Å². The largest absolute Gasteiger partial charge is 0.496 e. The molecule has 94 valence electrons. The van der Waals surface area contributed by atoms with E-state index in [4.69, 9.17) is 9.47 Å². The van der Waals surface area contributed by atoms with Crippen LogP contribution in [0.1, 0.15) is 37.4 Å². The van der Waals surface area contributed by atoms with Gasteiger partial charge in [0.2, 0.25) is 0 Å². The average Bonchev–Trinajstić information content (AvgIpc) is 2.33. The number of hydrogen-bond acceptors (Lipinski definition) is 3. The van der Waals surface area contributed by atoms with Gasteiger partial charge in [0.1, 0.15) is 5.75 Å². The number of para-hydroxylation sites is 1. The van der Waals surface area contributed by atoms with E-state index in [1.807, 2.05) is 24.3 Å². The van der Waals surface area contributed by atoms with Gasteiger partial charge in [-0.15, -0.1) is 0 Å². The van der Waals surface area contributed by atoms with Crippen LogP contribution in [0.5, 0.6) is 5.75 Å². The molecule has 0 aliphatic heterocycles. The van der Waals surface area contributed by atoms with Crippen molar-refractivity contribution in [2.24, 2.45) is 0 Å². The minimum Gasteiger partial charge on any atom is -0.496 e. The third-order valence-electron chi connectivity index (χ3n) is 3.76. The Morgan fingerprint density at radius 3 is 2.53 bits per heavy atom. The monoisotopic (exact) mass is 236 g/mol. The van der Waals surface area contributed by atoms with Crippen molar-refractivity contribution < 1.29 is 14.6 Å². The summed E-state index contributed by atoms with van der Waals surface area (Å²) in [5.41, 5.74) is 0.721. The highest BCUT2D eigenvalue weighted by molar-refractivity contribution is 5.35. The Morgan fingerprint density at radius 2 is 2.00 bits per heavy atom. The summed E-state index contributed by atoms with van der Waals surface area (Å²) >= 11 is 0. The van der Waals surface area contributed by atoms with E-state index >= 15 is 0 Å². The van der Waals surface area contributed by atoms with E-state index in [2.05, 4.69) is 0 Å². The summed E-state index contributed by atoms with van der Waals surface area (Å²) in [6.45, 7) is 0. The van der Waals surface area contributed by atoms with E-state index in [-0.39, 0.29) is 5.60 Å². The predicted octanol–water partition coefficient (Wildman–Crippen LogP) is 2.69. The van der Waals surface area contributed by atoms with Gasteiger partial charge in [-0.1, -0.05) is 18.2 Å². The summed E-state index contributed by atoms with van der Waals surface area (Å²) in [5.74, 6) is 0.741. The molecule has 17 heavy (non-hydrogen) atoms. The molecule has 1 aliphatic carbocycles. The lowest BCUT2D eigenvalue weighted by Gasteiger charge is -2.42. The molecule has 3 heteroatoms. The Hall–Kier alpha value is -1.06. The quantitative estimate of drug-likeness (QED) is 0.854. The molecule has 0 saturated heterocycles. The topological polar surface area (TPSA) is 38.7 Å². The Morgan fingerprint density at radius 1 is 1.29 bits per heavy atom. The lowest BCUT2D eigenvalue weighted by Crippen LogP contribution is -2.40. The van der Waals surface area contributed by atoms with Crippen LogP contribution in [-0.2, 0) is 4.74 Å². The lowest BCUT2D eigenvalue weighted by molar-refractivity contribution is -0.100. The number of ether oxygens (including phenoxy) is 2. The smallest absolute Gasteiger partial charge is 0.124 e. The molecule has 1 aromatic carbocycles. The van der Waals surface area contributed by atoms with Gasteiger partial charge in [-0.3, -0.25) is 0 Å². The SMILES string of the molecule is COc1ccccc1C(O)CC1(OC)CCC1. The molecule has 0 heterocycles. The molecule has 1 unspecified atom stereocenters. The zero-order valence-corrected chi connectivity index (χ0v) is 10.5. The number of benzene rings is 1. The van der Waals surface area contributed by atoms with Crippen LogP contribution in [0, 0.1) is 0 Å². The van der Waals surface area contributed by atoms with Gasteiger partial charge < -0.3 is 14.6 Å². The molecule has 1 N–H and O–H groups in total. The summed E-state index contributed by atoms with van der Waals surface area (Å²) < 4.78 is 10.8. The lowest BCUT2D eigenvalue weighted by atomic mass is 9.75. The third kappa shape index (κ3) is 2.45. The van der Waals surface area contributed by atoms with Crippen molar-refractivity contribution in [3.8, 4) is 5.75 Å². The molecule has 0 radical (unpaired) electrons. The van der Waals surface area contributed by atoms with Crippen LogP contribution in [0.15, 0.2) is 24.3 Å². The highest BCUT2D eigenvalue weighted by Crippen LogP contribution is 2.42. The van der Waals surface area contributed by atoms with Crippen molar-refractivity contribution >= 4 is 0 Å². The zero-order valence-electron chi connectivity index (χ0n) is 10.5. The van der Waals surface area contributed by atoms with Crippen LogP contribution in [0.3, 0.4) is 0 Å². The van der Waals surface area contributed by atoms with Crippen molar-refractivity contribution in [2.45, 2.75) is 37.4 Å². The molecule has 1 saturated carbocycles. The third-order valence-corrected chi connectivity index (χ3v) is 3.76. The van der Waals surface area contributed by atoms with Crippen molar-refractivity contribution in [3.05, 3.63) is 29.8 Å². The van der Waals surface area contributed by atoms with Gasteiger partial charge in [0.15, 0.2) is 0 Å². The Bertz CT molecular complexity index is 366. The van der Waals surface area contributed by atoms with E-state index in [1.165, 1.54) is 6.42 Å². The van der Waals surface area contributed by atoms with Gasteiger partial charge in [-0.2, -0.15) is 0 Å². The summed E-state index contributed by atoms with van der Waals surface area (Å²) in [5, 5.41) is 10.3. The molecular formula is C14H20O3. The van der Waals surface area contributed by atoms with E-state index < -0.39 is 6.10 Å². The molecule has 0 spiro atoms. The maximum absolute atomic E-state index is 10.3. The second-order valence-corrected chi connectivity index (χ2v) is 4.70. The molecule has 3 nitrogen and oxygen atoms in total. The second kappa shape index (κ2) is 5.07. The van der Waals surface area contributed by atoms with Crippen LogP contribution < -0.4 is 4.74 Å². The molecule has 1 atom stereocenters. The normalized spacial score (nSPS) is 19.5. The van der Waals surface area contributed by atoms with Crippen molar-refractivity contribution in [1.29, 1.82) is 0 Å². The first-order valence-electron chi connectivity index (χ1n) is 6.07. The van der Waals surface area contributed by atoms with Crippen LogP contribution in [-0.4, -0.2) is 24.9 Å². The maximum atomic E-state index is 10.3. The van der Waals surface area contributed by atoms with Gasteiger partial charge in [0, 0.05) is 19.1 Å². The summed E-state index contributed by atoms with van der Waals surface area (Å²) in [6, 6.07) is 7.61. The van der Waals surface area contributed by atoms with E-state index in [0.29, 0.717) is 6.42 Å². The summed E-state index contributed by atoms with van der Waals surface area (Å²) in [7, 11) is 3.36. The number of aliphatic hydroxyl groups excluding tert-OH is 1. The standard InChI is InChI=1S/C14H20O3/c1-16-13-7-4-3-6-11(13)12(15)10-14(17-2)8-5-9-14/h3-4,6-7,12,15H,5,8-10H2,1-2H3. The molecule has 0 amide bonds. The van der Waals surface area contributed by atoms with Crippen LogP contribution >= 0.6 is 0 Å². The van der Waals surface area contributed by atoms with Gasteiger partial charge >= 0.3 is 0 Å². The van der Waals surface area contributed by atoms with Crippen molar-refractivity contribution in [1.82, 2.24) is 0 Å². The fourth-order valence-corrected chi connectivity index (χ4v) is 2.47. The first kappa shape index (κ1) is 12.4. The number of rotatable bonds is 5. The molecule has 0 bridgehead atoms. The first-order chi connectivity index (χ1) is 8.21. The predicted molar refractivity (Wildman–Crippen MR) is 66.2 cm³/mol. The van der Waals surface area contributed by atoms with Gasteiger partial charge in [-0.05, 0) is 25.3 Å². The summed E-state index contributed by atoms with van der Waals surface area (Å²) in [6.07, 6.45) is 3.38. The van der Waals surface area contributed by atoms with Gasteiger partial charge in [0.05, 0.1) is 18.8 Å².